The van der Waals surface area contributed by atoms with Gasteiger partial charge in [-0.3, -0.25) is 0 Å². The van der Waals surface area contributed by atoms with Gasteiger partial charge < -0.3 is 20.1 Å². The summed E-state index contributed by atoms with van der Waals surface area (Å²) < 4.78 is 4.98. The molecule has 0 aromatic heterocycles. The minimum absolute atomic E-state index is 0.0640. The first-order chi connectivity index (χ1) is 9.36. The molecular weight excluding hydrogens is 284 g/mol. The van der Waals surface area contributed by atoms with Gasteiger partial charge >= 0.3 is 12.0 Å². The monoisotopic (exact) mass is 300 g/mol. The van der Waals surface area contributed by atoms with E-state index in [1.165, 1.54) is 23.1 Å². The maximum atomic E-state index is 12.0. The molecule has 0 aliphatic carbocycles. The van der Waals surface area contributed by atoms with Gasteiger partial charge in [0.2, 0.25) is 0 Å². The molecule has 20 heavy (non-hydrogen) atoms. The topological polar surface area (TPSA) is 78.9 Å². The SMILES string of the molecule is COCC(C)N(C)C(=O)Nc1ccc(C(=O)O)cc1Cl. The first-order valence-electron chi connectivity index (χ1n) is 5.92. The summed E-state index contributed by atoms with van der Waals surface area (Å²) in [6.07, 6.45) is 0. The number of carboxylic acids is 1. The lowest BCUT2D eigenvalue weighted by Crippen LogP contribution is -2.40. The lowest BCUT2D eigenvalue weighted by atomic mass is 10.2. The van der Waals surface area contributed by atoms with Gasteiger partial charge in [-0.05, 0) is 25.1 Å². The number of hydrogen-bond acceptors (Lipinski definition) is 3. The van der Waals surface area contributed by atoms with Crippen molar-refractivity contribution in [2.45, 2.75) is 13.0 Å². The molecule has 1 rings (SSSR count). The molecule has 0 fully saturated rings. The zero-order chi connectivity index (χ0) is 15.3. The fourth-order valence-electron chi connectivity index (χ4n) is 1.51. The van der Waals surface area contributed by atoms with Gasteiger partial charge in [-0.2, -0.15) is 0 Å². The molecule has 0 radical (unpaired) electrons. The van der Waals surface area contributed by atoms with E-state index in [0.717, 1.165) is 0 Å². The third-order valence-corrected chi connectivity index (χ3v) is 3.16. The minimum atomic E-state index is -1.07. The van der Waals surface area contributed by atoms with Crippen LogP contribution in [0.25, 0.3) is 0 Å². The number of aromatic carboxylic acids is 1. The average Bonchev–Trinajstić information content (AvgIpc) is 2.40. The van der Waals surface area contributed by atoms with E-state index in [1.807, 2.05) is 6.92 Å². The average molecular weight is 301 g/mol. The van der Waals surface area contributed by atoms with Crippen LogP contribution < -0.4 is 5.32 Å². The maximum absolute atomic E-state index is 12.0. The quantitative estimate of drug-likeness (QED) is 0.876. The van der Waals surface area contributed by atoms with Crippen molar-refractivity contribution in [2.75, 3.05) is 26.1 Å². The predicted molar refractivity (Wildman–Crippen MR) is 76.5 cm³/mol. The molecule has 0 spiro atoms. The molecule has 6 nitrogen and oxygen atoms in total. The Hall–Kier alpha value is -1.79. The predicted octanol–water partition coefficient (Wildman–Crippen LogP) is 2.54. The molecule has 7 heteroatoms. The van der Waals surface area contributed by atoms with E-state index in [1.54, 1.807) is 14.2 Å². The third kappa shape index (κ3) is 4.11. The van der Waals surface area contributed by atoms with Crippen LogP contribution in [0.5, 0.6) is 0 Å². The van der Waals surface area contributed by atoms with Gasteiger partial charge in [0.15, 0.2) is 0 Å². The van der Waals surface area contributed by atoms with Gasteiger partial charge in [-0.25, -0.2) is 9.59 Å². The third-order valence-electron chi connectivity index (χ3n) is 2.85. The van der Waals surface area contributed by atoms with Crippen molar-refractivity contribution in [3.8, 4) is 0 Å². The van der Waals surface area contributed by atoms with Crippen LogP contribution in [0.4, 0.5) is 10.5 Å². The van der Waals surface area contributed by atoms with Gasteiger partial charge in [0.05, 0.1) is 28.9 Å². The summed E-state index contributed by atoms with van der Waals surface area (Å²) in [6, 6.07) is 3.68. The molecule has 0 aliphatic heterocycles. The summed E-state index contributed by atoms with van der Waals surface area (Å²) in [4.78, 5) is 24.2. The van der Waals surface area contributed by atoms with Crippen molar-refractivity contribution >= 4 is 29.3 Å². The summed E-state index contributed by atoms with van der Waals surface area (Å²) >= 11 is 5.94. The molecule has 1 aromatic carbocycles. The van der Waals surface area contributed by atoms with Crippen molar-refractivity contribution in [3.05, 3.63) is 28.8 Å². The van der Waals surface area contributed by atoms with Crippen LogP contribution in [-0.2, 0) is 4.74 Å². The molecule has 1 aromatic rings. The standard InChI is InChI=1S/C13H17ClN2O4/c1-8(7-20-3)16(2)13(19)15-11-5-4-9(12(17)18)6-10(11)14/h4-6,8H,7H2,1-3H3,(H,15,19)(H,17,18). The van der Waals surface area contributed by atoms with E-state index >= 15 is 0 Å². The molecule has 1 atom stereocenters. The molecule has 1 unspecified atom stereocenters. The van der Waals surface area contributed by atoms with E-state index in [9.17, 15) is 9.59 Å². The van der Waals surface area contributed by atoms with Crippen LogP contribution >= 0.6 is 11.6 Å². The number of anilines is 1. The van der Waals surface area contributed by atoms with Gasteiger partial charge in [0, 0.05) is 14.2 Å². The van der Waals surface area contributed by atoms with E-state index in [0.29, 0.717) is 12.3 Å². The second kappa shape index (κ2) is 7.12. The molecular formula is C13H17ClN2O4. The number of benzene rings is 1. The number of rotatable bonds is 5. The minimum Gasteiger partial charge on any atom is -0.478 e. The van der Waals surface area contributed by atoms with E-state index < -0.39 is 5.97 Å². The Morgan fingerprint density at radius 2 is 2.15 bits per heavy atom. The van der Waals surface area contributed by atoms with Gasteiger partial charge in [0.1, 0.15) is 0 Å². The molecule has 0 aliphatic rings. The Balaban J connectivity index is 2.78. The van der Waals surface area contributed by atoms with Crippen molar-refractivity contribution in [1.29, 1.82) is 0 Å². The molecule has 2 N–H and O–H groups in total. The number of methoxy groups -OCH3 is 1. The number of likely N-dealkylation sites (N-methyl/N-ethyl adjacent to an activating group) is 1. The summed E-state index contributed by atoms with van der Waals surface area (Å²) in [7, 11) is 3.20. The zero-order valence-corrected chi connectivity index (χ0v) is 12.3. The van der Waals surface area contributed by atoms with E-state index in [-0.39, 0.29) is 22.7 Å². The normalized spacial score (nSPS) is 11.8. The Morgan fingerprint density at radius 3 is 2.65 bits per heavy atom. The number of ether oxygens (including phenoxy) is 1. The summed E-state index contributed by atoms with van der Waals surface area (Å²) in [5, 5.41) is 11.6. The lowest BCUT2D eigenvalue weighted by Gasteiger charge is -2.24. The number of halogens is 1. The molecule has 0 heterocycles. The number of carbonyl (C=O) groups is 2. The highest BCUT2D eigenvalue weighted by molar-refractivity contribution is 6.34. The fourth-order valence-corrected chi connectivity index (χ4v) is 1.73. The van der Waals surface area contributed by atoms with Crippen molar-refractivity contribution in [2.24, 2.45) is 0 Å². The highest BCUT2D eigenvalue weighted by Gasteiger charge is 2.17. The van der Waals surface area contributed by atoms with Crippen molar-refractivity contribution in [3.63, 3.8) is 0 Å². The second-order valence-corrected chi connectivity index (χ2v) is 4.75. The van der Waals surface area contributed by atoms with E-state index in [2.05, 4.69) is 5.32 Å². The van der Waals surface area contributed by atoms with Crippen LogP contribution in [0.15, 0.2) is 18.2 Å². The first-order valence-corrected chi connectivity index (χ1v) is 6.30. The highest BCUT2D eigenvalue weighted by Crippen LogP contribution is 2.23. The van der Waals surface area contributed by atoms with Crippen molar-refractivity contribution < 1.29 is 19.4 Å². The highest BCUT2D eigenvalue weighted by atomic mass is 35.5. The molecule has 0 saturated heterocycles. The first kappa shape index (κ1) is 16.3. The Bertz CT molecular complexity index is 507. The van der Waals surface area contributed by atoms with Crippen LogP contribution in [0.3, 0.4) is 0 Å². The number of carbonyl (C=O) groups excluding carboxylic acids is 1. The van der Waals surface area contributed by atoms with Gasteiger partial charge in [-0.1, -0.05) is 11.6 Å². The van der Waals surface area contributed by atoms with Gasteiger partial charge in [0.25, 0.3) is 0 Å². The number of hydrogen-bond donors (Lipinski definition) is 2. The molecule has 0 saturated carbocycles. The lowest BCUT2D eigenvalue weighted by molar-refractivity contribution is 0.0697. The summed E-state index contributed by atoms with van der Waals surface area (Å²) in [5.41, 5.74) is 0.423. The molecule has 2 amide bonds. The fraction of sp³-hybridized carbons (Fsp3) is 0.385. The van der Waals surface area contributed by atoms with E-state index in [4.69, 9.17) is 21.4 Å². The second-order valence-electron chi connectivity index (χ2n) is 4.35. The maximum Gasteiger partial charge on any atom is 0.335 e. The van der Waals surface area contributed by atoms with Crippen LogP contribution in [0.1, 0.15) is 17.3 Å². The van der Waals surface area contributed by atoms with Crippen LogP contribution in [0, 0.1) is 0 Å². The Labute approximate surface area is 122 Å². The molecule has 110 valence electrons. The largest absolute Gasteiger partial charge is 0.478 e. The number of nitrogens with one attached hydrogen (secondary N) is 1. The van der Waals surface area contributed by atoms with Crippen molar-refractivity contribution in [1.82, 2.24) is 4.90 Å². The smallest absolute Gasteiger partial charge is 0.335 e. The number of urea groups is 1. The number of carboxylic acid groups (broad SMARTS) is 1. The summed E-state index contributed by atoms with van der Waals surface area (Å²) in [6.45, 7) is 2.26. The zero-order valence-electron chi connectivity index (χ0n) is 11.5. The summed E-state index contributed by atoms with van der Waals surface area (Å²) in [5.74, 6) is -1.07. The number of amides is 2. The van der Waals surface area contributed by atoms with Crippen LogP contribution in [0.2, 0.25) is 5.02 Å². The number of nitrogens with zero attached hydrogens (tertiary/aromatic N) is 1. The van der Waals surface area contributed by atoms with Crippen LogP contribution in [-0.4, -0.2) is 48.8 Å². The Kier molecular flexibility index (Phi) is 5.79. The van der Waals surface area contributed by atoms with Gasteiger partial charge in [-0.15, -0.1) is 0 Å². The Morgan fingerprint density at radius 1 is 1.50 bits per heavy atom. The molecule has 0 bridgehead atoms.